The van der Waals surface area contributed by atoms with Crippen LogP contribution in [0.5, 0.6) is 0 Å². The normalized spacial score (nSPS) is 10.4. The largest absolute Gasteiger partial charge is 0.381 e. The maximum atomic E-state index is 3.50. The number of anilines is 1. The van der Waals surface area contributed by atoms with Gasteiger partial charge in [-0.15, -0.1) is 11.8 Å². The van der Waals surface area contributed by atoms with E-state index in [-0.39, 0.29) is 0 Å². The first-order chi connectivity index (χ1) is 8.70. The molecule has 0 bridgehead atoms. The van der Waals surface area contributed by atoms with E-state index in [0.717, 1.165) is 6.54 Å². The maximum Gasteiger partial charge on any atom is 0.0406 e. The van der Waals surface area contributed by atoms with Crippen molar-refractivity contribution in [3.05, 3.63) is 59.2 Å². The quantitative estimate of drug-likeness (QED) is 0.801. The molecule has 94 valence electrons. The van der Waals surface area contributed by atoms with Gasteiger partial charge >= 0.3 is 0 Å². The topological polar surface area (TPSA) is 12.0 Å². The molecule has 0 aliphatic rings. The van der Waals surface area contributed by atoms with Crippen molar-refractivity contribution >= 4 is 17.4 Å². The third-order valence-corrected chi connectivity index (χ3v) is 3.91. The fourth-order valence-corrected chi connectivity index (χ4v) is 2.51. The van der Waals surface area contributed by atoms with E-state index in [0.29, 0.717) is 0 Å². The summed E-state index contributed by atoms with van der Waals surface area (Å²) in [6.45, 7) is 5.22. The second-order valence-electron chi connectivity index (χ2n) is 4.46. The lowest BCUT2D eigenvalue weighted by atomic mass is 10.0. The van der Waals surface area contributed by atoms with Crippen LogP contribution in [0.4, 0.5) is 5.69 Å². The third kappa shape index (κ3) is 3.08. The average molecular weight is 257 g/mol. The van der Waals surface area contributed by atoms with Crippen LogP contribution in [0.25, 0.3) is 0 Å². The zero-order valence-electron chi connectivity index (χ0n) is 11.2. The summed E-state index contributed by atoms with van der Waals surface area (Å²) >= 11 is 1.77. The molecule has 0 amide bonds. The lowest BCUT2D eigenvalue weighted by molar-refractivity contribution is 1.09. The highest BCUT2D eigenvalue weighted by molar-refractivity contribution is 7.98. The molecule has 0 atom stereocenters. The van der Waals surface area contributed by atoms with Gasteiger partial charge in [0.05, 0.1) is 0 Å². The highest BCUT2D eigenvalue weighted by atomic mass is 32.2. The Kier molecular flexibility index (Phi) is 4.32. The first-order valence-electron chi connectivity index (χ1n) is 6.13. The lowest BCUT2D eigenvalue weighted by Crippen LogP contribution is -2.03. The summed E-state index contributed by atoms with van der Waals surface area (Å²) in [5.74, 6) is 0. The van der Waals surface area contributed by atoms with Crippen molar-refractivity contribution in [1.29, 1.82) is 0 Å². The molecule has 1 N–H and O–H groups in total. The van der Waals surface area contributed by atoms with Gasteiger partial charge in [-0.3, -0.25) is 0 Å². The van der Waals surface area contributed by atoms with Gasteiger partial charge in [0.2, 0.25) is 0 Å². The minimum absolute atomic E-state index is 0.885. The van der Waals surface area contributed by atoms with Crippen molar-refractivity contribution in [3.8, 4) is 0 Å². The van der Waals surface area contributed by atoms with Gasteiger partial charge in [0, 0.05) is 17.1 Å². The van der Waals surface area contributed by atoms with Crippen LogP contribution in [-0.2, 0) is 6.54 Å². The number of rotatable bonds is 4. The zero-order chi connectivity index (χ0) is 13.0. The number of benzene rings is 2. The summed E-state index contributed by atoms with van der Waals surface area (Å²) < 4.78 is 0. The van der Waals surface area contributed by atoms with E-state index in [9.17, 15) is 0 Å². The SMILES string of the molecule is CSc1cccc(NCc2c(C)cccc2C)c1. The van der Waals surface area contributed by atoms with E-state index in [2.05, 4.69) is 67.9 Å². The van der Waals surface area contributed by atoms with E-state index < -0.39 is 0 Å². The van der Waals surface area contributed by atoms with Crippen LogP contribution in [0, 0.1) is 13.8 Å². The van der Waals surface area contributed by atoms with E-state index in [1.54, 1.807) is 11.8 Å². The van der Waals surface area contributed by atoms with Crippen molar-refractivity contribution in [2.45, 2.75) is 25.3 Å². The molecule has 18 heavy (non-hydrogen) atoms. The lowest BCUT2D eigenvalue weighted by Gasteiger charge is -2.12. The van der Waals surface area contributed by atoms with Gasteiger partial charge < -0.3 is 5.32 Å². The number of nitrogens with one attached hydrogen (secondary N) is 1. The predicted molar refractivity (Wildman–Crippen MR) is 81.5 cm³/mol. The van der Waals surface area contributed by atoms with Crippen LogP contribution in [0.15, 0.2) is 47.4 Å². The Morgan fingerprint density at radius 3 is 2.33 bits per heavy atom. The first-order valence-corrected chi connectivity index (χ1v) is 7.36. The summed E-state index contributed by atoms with van der Waals surface area (Å²) in [5.41, 5.74) is 5.28. The van der Waals surface area contributed by atoms with Crippen LogP contribution in [-0.4, -0.2) is 6.26 Å². The van der Waals surface area contributed by atoms with Crippen LogP contribution < -0.4 is 5.32 Å². The van der Waals surface area contributed by atoms with Gasteiger partial charge in [-0.25, -0.2) is 0 Å². The molecule has 0 saturated carbocycles. The minimum atomic E-state index is 0.885. The highest BCUT2D eigenvalue weighted by Gasteiger charge is 2.02. The molecule has 0 aliphatic heterocycles. The van der Waals surface area contributed by atoms with E-state index >= 15 is 0 Å². The van der Waals surface area contributed by atoms with Crippen molar-refractivity contribution in [1.82, 2.24) is 0 Å². The van der Waals surface area contributed by atoms with Gasteiger partial charge in [0.25, 0.3) is 0 Å². The van der Waals surface area contributed by atoms with Gasteiger partial charge in [-0.2, -0.15) is 0 Å². The highest BCUT2D eigenvalue weighted by Crippen LogP contribution is 2.20. The molecule has 0 saturated heterocycles. The Morgan fingerprint density at radius 1 is 1.00 bits per heavy atom. The van der Waals surface area contributed by atoms with Gasteiger partial charge in [0.1, 0.15) is 0 Å². The molecule has 0 aromatic heterocycles. The number of hydrogen-bond acceptors (Lipinski definition) is 2. The van der Waals surface area contributed by atoms with Crippen molar-refractivity contribution in [3.63, 3.8) is 0 Å². The molecular formula is C16H19NS. The number of aryl methyl sites for hydroxylation is 2. The van der Waals surface area contributed by atoms with Crippen molar-refractivity contribution in [2.24, 2.45) is 0 Å². The van der Waals surface area contributed by atoms with E-state index in [1.165, 1.54) is 27.3 Å². The van der Waals surface area contributed by atoms with Crippen LogP contribution in [0.3, 0.4) is 0 Å². The summed E-state index contributed by atoms with van der Waals surface area (Å²) in [4.78, 5) is 1.29. The Labute approximate surface area is 114 Å². The maximum absolute atomic E-state index is 3.50. The second kappa shape index (κ2) is 5.96. The van der Waals surface area contributed by atoms with Crippen LogP contribution in [0.1, 0.15) is 16.7 Å². The monoisotopic (exact) mass is 257 g/mol. The molecule has 1 nitrogen and oxygen atoms in total. The van der Waals surface area contributed by atoms with Crippen molar-refractivity contribution in [2.75, 3.05) is 11.6 Å². The molecule has 2 rings (SSSR count). The Balaban J connectivity index is 2.11. The molecule has 0 radical (unpaired) electrons. The standard InChI is InChI=1S/C16H19NS/c1-12-6-4-7-13(2)16(12)11-17-14-8-5-9-15(10-14)18-3/h4-10,17H,11H2,1-3H3. The molecule has 0 unspecified atom stereocenters. The summed E-state index contributed by atoms with van der Waals surface area (Å²) in [6.07, 6.45) is 2.10. The second-order valence-corrected chi connectivity index (χ2v) is 5.34. The smallest absolute Gasteiger partial charge is 0.0406 e. The van der Waals surface area contributed by atoms with Gasteiger partial charge in [-0.1, -0.05) is 24.3 Å². The summed E-state index contributed by atoms with van der Waals surface area (Å²) in [5, 5.41) is 3.50. The molecule has 0 spiro atoms. The predicted octanol–water partition coefficient (Wildman–Crippen LogP) is 4.64. The van der Waals surface area contributed by atoms with Gasteiger partial charge in [-0.05, 0) is 55.0 Å². The molecular weight excluding hydrogens is 238 g/mol. The van der Waals surface area contributed by atoms with Crippen LogP contribution in [0.2, 0.25) is 0 Å². The first kappa shape index (κ1) is 13.0. The zero-order valence-corrected chi connectivity index (χ0v) is 12.0. The molecule has 0 aliphatic carbocycles. The number of thioether (sulfide) groups is 1. The summed E-state index contributed by atoms with van der Waals surface area (Å²) in [6, 6.07) is 15.0. The van der Waals surface area contributed by atoms with Crippen LogP contribution >= 0.6 is 11.8 Å². The molecule has 2 aromatic carbocycles. The van der Waals surface area contributed by atoms with Gasteiger partial charge in [0.15, 0.2) is 0 Å². The molecule has 0 fully saturated rings. The fraction of sp³-hybridized carbons (Fsp3) is 0.250. The molecule has 0 heterocycles. The molecule has 2 aromatic rings. The fourth-order valence-electron chi connectivity index (χ4n) is 2.05. The van der Waals surface area contributed by atoms with E-state index in [4.69, 9.17) is 0 Å². The van der Waals surface area contributed by atoms with E-state index in [1.807, 2.05) is 0 Å². The number of hydrogen-bond donors (Lipinski definition) is 1. The Morgan fingerprint density at radius 2 is 1.67 bits per heavy atom. The Hall–Kier alpha value is -1.41. The molecule has 2 heteroatoms. The van der Waals surface area contributed by atoms with Crippen molar-refractivity contribution < 1.29 is 0 Å². The average Bonchev–Trinajstić information content (AvgIpc) is 2.38. The Bertz CT molecular complexity index is 514. The minimum Gasteiger partial charge on any atom is -0.381 e. The third-order valence-electron chi connectivity index (χ3n) is 3.18. The summed E-state index contributed by atoms with van der Waals surface area (Å²) in [7, 11) is 0.